The summed E-state index contributed by atoms with van der Waals surface area (Å²) in [7, 11) is 0. The Morgan fingerprint density at radius 3 is 2.14 bits per heavy atom. The predicted octanol–water partition coefficient (Wildman–Crippen LogP) is 1.54. The van der Waals surface area contributed by atoms with Gasteiger partial charge in [-0.3, -0.25) is 0 Å². The standard InChI is InChI=1S/C4H10ClN.BrH/c1-4(6)2-3-5;/h4H,2-3,6H2,1H3;1H. The van der Waals surface area contributed by atoms with Gasteiger partial charge in [-0.1, -0.05) is 0 Å². The second kappa shape index (κ2) is 6.73. The quantitative estimate of drug-likeness (QED) is 0.654. The van der Waals surface area contributed by atoms with Crippen molar-refractivity contribution in [2.24, 2.45) is 5.73 Å². The molecular formula is C4H11BrClN. The molecule has 0 bridgehead atoms. The molecule has 0 aromatic carbocycles. The minimum Gasteiger partial charge on any atom is -0.328 e. The van der Waals surface area contributed by atoms with E-state index in [1.165, 1.54) is 0 Å². The minimum absolute atomic E-state index is 0. The molecule has 1 nitrogen and oxygen atoms in total. The largest absolute Gasteiger partial charge is 0.328 e. The fraction of sp³-hybridized carbons (Fsp3) is 1.00. The van der Waals surface area contributed by atoms with Gasteiger partial charge in [0.1, 0.15) is 0 Å². The summed E-state index contributed by atoms with van der Waals surface area (Å²) in [6.45, 7) is 1.95. The lowest BCUT2D eigenvalue weighted by Crippen LogP contribution is -2.14. The Hall–Kier alpha value is 0.730. The molecule has 7 heavy (non-hydrogen) atoms. The van der Waals surface area contributed by atoms with Crippen LogP contribution in [0.2, 0.25) is 0 Å². The summed E-state index contributed by atoms with van der Waals surface area (Å²) in [5.74, 6) is 0.678. The molecule has 0 radical (unpaired) electrons. The van der Waals surface area contributed by atoms with Gasteiger partial charge < -0.3 is 5.73 Å². The summed E-state index contributed by atoms with van der Waals surface area (Å²) < 4.78 is 0. The molecule has 0 heterocycles. The molecule has 1 unspecified atom stereocenters. The van der Waals surface area contributed by atoms with Crippen molar-refractivity contribution in [1.82, 2.24) is 0 Å². The highest BCUT2D eigenvalue weighted by atomic mass is 79.9. The van der Waals surface area contributed by atoms with Crippen LogP contribution in [0.1, 0.15) is 13.3 Å². The number of hydrogen-bond donors (Lipinski definition) is 1. The van der Waals surface area contributed by atoms with E-state index in [0.717, 1.165) is 6.42 Å². The summed E-state index contributed by atoms with van der Waals surface area (Å²) >= 11 is 5.32. The van der Waals surface area contributed by atoms with E-state index in [1.54, 1.807) is 0 Å². The van der Waals surface area contributed by atoms with E-state index in [2.05, 4.69) is 0 Å². The van der Waals surface area contributed by atoms with Gasteiger partial charge in [-0.15, -0.1) is 28.6 Å². The van der Waals surface area contributed by atoms with Crippen LogP contribution < -0.4 is 5.73 Å². The van der Waals surface area contributed by atoms with E-state index in [-0.39, 0.29) is 23.0 Å². The Morgan fingerprint density at radius 1 is 1.71 bits per heavy atom. The number of alkyl halides is 1. The monoisotopic (exact) mass is 187 g/mol. The lowest BCUT2D eigenvalue weighted by atomic mass is 10.3. The van der Waals surface area contributed by atoms with Crippen LogP contribution in [0, 0.1) is 0 Å². The highest BCUT2D eigenvalue weighted by molar-refractivity contribution is 8.93. The van der Waals surface area contributed by atoms with E-state index >= 15 is 0 Å². The lowest BCUT2D eigenvalue weighted by Gasteiger charge is -1.95. The summed E-state index contributed by atoms with van der Waals surface area (Å²) in [5.41, 5.74) is 5.32. The topological polar surface area (TPSA) is 26.0 Å². The molecule has 3 heteroatoms. The molecule has 0 spiro atoms. The van der Waals surface area contributed by atoms with Crippen LogP contribution in [0.5, 0.6) is 0 Å². The third-order valence-electron chi connectivity index (χ3n) is 0.564. The summed E-state index contributed by atoms with van der Waals surface area (Å²) in [6, 6.07) is 0.266. The Labute approximate surface area is 60.0 Å². The van der Waals surface area contributed by atoms with Gasteiger partial charge in [0, 0.05) is 11.9 Å². The van der Waals surface area contributed by atoms with Crippen molar-refractivity contribution in [2.75, 3.05) is 5.88 Å². The smallest absolute Gasteiger partial charge is 0.0238 e. The van der Waals surface area contributed by atoms with Crippen molar-refractivity contribution < 1.29 is 0 Å². The van der Waals surface area contributed by atoms with Crippen molar-refractivity contribution in [3.8, 4) is 0 Å². The van der Waals surface area contributed by atoms with Gasteiger partial charge in [0.2, 0.25) is 0 Å². The SMILES string of the molecule is Br.CC(N)CCCl. The van der Waals surface area contributed by atoms with Crippen molar-refractivity contribution in [3.05, 3.63) is 0 Å². The number of nitrogens with two attached hydrogens (primary N) is 1. The third kappa shape index (κ3) is 10.8. The van der Waals surface area contributed by atoms with E-state index in [0.29, 0.717) is 5.88 Å². The maximum atomic E-state index is 5.32. The molecule has 0 aromatic rings. The second-order valence-electron chi connectivity index (χ2n) is 1.45. The number of hydrogen-bond acceptors (Lipinski definition) is 1. The van der Waals surface area contributed by atoms with Crippen molar-refractivity contribution >= 4 is 28.6 Å². The first kappa shape index (κ1) is 10.7. The van der Waals surface area contributed by atoms with Crippen LogP contribution in [0.3, 0.4) is 0 Å². The molecule has 1 atom stereocenters. The van der Waals surface area contributed by atoms with Crippen LogP contribution in [0.25, 0.3) is 0 Å². The van der Waals surface area contributed by atoms with Crippen LogP contribution in [0.4, 0.5) is 0 Å². The molecule has 46 valence electrons. The molecule has 0 rings (SSSR count). The molecule has 0 aromatic heterocycles. The van der Waals surface area contributed by atoms with E-state index in [4.69, 9.17) is 17.3 Å². The number of rotatable bonds is 2. The van der Waals surface area contributed by atoms with Gasteiger partial charge in [0.25, 0.3) is 0 Å². The Kier molecular flexibility index (Phi) is 10.3. The van der Waals surface area contributed by atoms with Crippen LogP contribution in [-0.4, -0.2) is 11.9 Å². The molecule has 0 aliphatic rings. The van der Waals surface area contributed by atoms with Gasteiger partial charge in [0.15, 0.2) is 0 Å². The minimum atomic E-state index is 0. The Bertz CT molecular complexity index is 32.9. The van der Waals surface area contributed by atoms with Gasteiger partial charge in [-0.25, -0.2) is 0 Å². The average molecular weight is 188 g/mol. The van der Waals surface area contributed by atoms with Gasteiger partial charge >= 0.3 is 0 Å². The van der Waals surface area contributed by atoms with Gasteiger partial charge in [0.05, 0.1) is 0 Å². The maximum Gasteiger partial charge on any atom is 0.0238 e. The first-order chi connectivity index (χ1) is 2.77. The van der Waals surface area contributed by atoms with Crippen molar-refractivity contribution in [2.45, 2.75) is 19.4 Å². The average Bonchev–Trinajstić information content (AvgIpc) is 1.35. The third-order valence-corrected chi connectivity index (χ3v) is 0.783. The molecule has 2 N–H and O–H groups in total. The molecule has 0 saturated heterocycles. The van der Waals surface area contributed by atoms with Crippen molar-refractivity contribution in [1.29, 1.82) is 0 Å². The summed E-state index contributed by atoms with van der Waals surface area (Å²) in [6.07, 6.45) is 0.918. The summed E-state index contributed by atoms with van der Waals surface area (Å²) in [5, 5.41) is 0. The zero-order chi connectivity index (χ0) is 4.99. The normalized spacial score (nSPS) is 12.4. The van der Waals surface area contributed by atoms with E-state index in [9.17, 15) is 0 Å². The molecule has 0 saturated carbocycles. The van der Waals surface area contributed by atoms with Gasteiger partial charge in [-0.05, 0) is 13.3 Å². The molecule has 0 fully saturated rings. The molecule has 0 aliphatic carbocycles. The fourth-order valence-electron chi connectivity index (χ4n) is 0.172. The van der Waals surface area contributed by atoms with E-state index in [1.807, 2.05) is 6.92 Å². The fourth-order valence-corrected chi connectivity index (χ4v) is 0.516. The van der Waals surface area contributed by atoms with Crippen LogP contribution >= 0.6 is 28.6 Å². The second-order valence-corrected chi connectivity index (χ2v) is 1.83. The first-order valence-electron chi connectivity index (χ1n) is 2.09. The van der Waals surface area contributed by atoms with Gasteiger partial charge in [-0.2, -0.15) is 0 Å². The molecular weight excluding hydrogens is 177 g/mol. The first-order valence-corrected chi connectivity index (χ1v) is 2.62. The number of halogens is 2. The lowest BCUT2D eigenvalue weighted by molar-refractivity contribution is 0.719. The Morgan fingerprint density at radius 2 is 2.14 bits per heavy atom. The van der Waals surface area contributed by atoms with Crippen LogP contribution in [-0.2, 0) is 0 Å². The highest BCUT2D eigenvalue weighted by Gasteiger charge is 1.86. The maximum absolute atomic E-state index is 5.32. The predicted molar refractivity (Wildman–Crippen MR) is 39.3 cm³/mol. The zero-order valence-electron chi connectivity index (χ0n) is 4.36. The summed E-state index contributed by atoms with van der Waals surface area (Å²) in [4.78, 5) is 0. The van der Waals surface area contributed by atoms with E-state index < -0.39 is 0 Å². The van der Waals surface area contributed by atoms with Crippen LogP contribution in [0.15, 0.2) is 0 Å². The molecule has 0 aliphatic heterocycles. The van der Waals surface area contributed by atoms with Crippen molar-refractivity contribution in [3.63, 3.8) is 0 Å². The molecule has 0 amide bonds. The Balaban J connectivity index is 0. The highest BCUT2D eigenvalue weighted by Crippen LogP contribution is 1.86. The zero-order valence-corrected chi connectivity index (χ0v) is 6.82.